The van der Waals surface area contributed by atoms with E-state index in [9.17, 15) is 4.79 Å². The SMILES string of the molecule is CCCCOC(=O)CN1C2=NCCCN2c2ccccc21. The predicted molar refractivity (Wildman–Crippen MR) is 83.9 cm³/mol. The van der Waals surface area contributed by atoms with Crippen molar-refractivity contribution in [2.75, 3.05) is 36.0 Å². The Kier molecular flexibility index (Phi) is 4.08. The van der Waals surface area contributed by atoms with Crippen molar-refractivity contribution in [3.05, 3.63) is 24.3 Å². The van der Waals surface area contributed by atoms with Crippen LogP contribution in [0, 0.1) is 0 Å². The lowest BCUT2D eigenvalue weighted by Crippen LogP contribution is -2.44. The first-order valence-corrected chi connectivity index (χ1v) is 7.65. The molecule has 5 nitrogen and oxygen atoms in total. The van der Waals surface area contributed by atoms with Crippen LogP contribution >= 0.6 is 0 Å². The van der Waals surface area contributed by atoms with Crippen molar-refractivity contribution in [2.24, 2.45) is 4.99 Å². The second-order valence-electron chi connectivity index (χ2n) is 5.34. The average Bonchev–Trinajstić information content (AvgIpc) is 2.83. The van der Waals surface area contributed by atoms with E-state index in [4.69, 9.17) is 4.74 Å². The Hall–Kier alpha value is -2.04. The summed E-state index contributed by atoms with van der Waals surface area (Å²) >= 11 is 0. The van der Waals surface area contributed by atoms with E-state index >= 15 is 0 Å². The number of guanidine groups is 1. The molecule has 2 heterocycles. The van der Waals surface area contributed by atoms with Gasteiger partial charge in [0.05, 0.1) is 18.0 Å². The molecule has 0 radical (unpaired) electrons. The monoisotopic (exact) mass is 287 g/mol. The van der Waals surface area contributed by atoms with Crippen molar-refractivity contribution in [3.8, 4) is 0 Å². The summed E-state index contributed by atoms with van der Waals surface area (Å²) in [6, 6.07) is 8.13. The van der Waals surface area contributed by atoms with Crippen molar-refractivity contribution >= 4 is 23.3 Å². The zero-order valence-electron chi connectivity index (χ0n) is 12.4. The lowest BCUT2D eigenvalue weighted by molar-refractivity contribution is -0.141. The molecule has 3 rings (SSSR count). The number of benzene rings is 1. The van der Waals surface area contributed by atoms with Gasteiger partial charge in [0.1, 0.15) is 6.54 Å². The van der Waals surface area contributed by atoms with Crippen LogP contribution in [0.25, 0.3) is 0 Å². The maximum absolute atomic E-state index is 12.0. The average molecular weight is 287 g/mol. The molecule has 0 amide bonds. The molecule has 1 aromatic rings. The van der Waals surface area contributed by atoms with Gasteiger partial charge >= 0.3 is 5.97 Å². The summed E-state index contributed by atoms with van der Waals surface area (Å²) in [6.45, 7) is 4.59. The molecular weight excluding hydrogens is 266 g/mol. The van der Waals surface area contributed by atoms with Gasteiger partial charge in [0.25, 0.3) is 0 Å². The summed E-state index contributed by atoms with van der Waals surface area (Å²) < 4.78 is 5.28. The third-order valence-electron chi connectivity index (χ3n) is 3.79. The van der Waals surface area contributed by atoms with Gasteiger partial charge in [-0.15, -0.1) is 0 Å². The summed E-state index contributed by atoms with van der Waals surface area (Å²) in [7, 11) is 0. The first-order chi connectivity index (χ1) is 10.3. The number of hydrogen-bond acceptors (Lipinski definition) is 5. The van der Waals surface area contributed by atoms with Crippen LogP contribution in [0.1, 0.15) is 26.2 Å². The molecule has 0 aliphatic carbocycles. The number of carbonyl (C=O) groups excluding carboxylic acids is 1. The highest BCUT2D eigenvalue weighted by molar-refractivity contribution is 6.17. The molecule has 0 aromatic heterocycles. The van der Waals surface area contributed by atoms with Crippen LogP contribution in [0.2, 0.25) is 0 Å². The molecule has 0 N–H and O–H groups in total. The Morgan fingerprint density at radius 3 is 2.95 bits per heavy atom. The van der Waals surface area contributed by atoms with Gasteiger partial charge in [-0.3, -0.25) is 14.7 Å². The molecule has 0 saturated heterocycles. The summed E-state index contributed by atoms with van der Waals surface area (Å²) in [6.07, 6.45) is 2.99. The second kappa shape index (κ2) is 6.16. The quantitative estimate of drug-likeness (QED) is 0.616. The molecule has 0 atom stereocenters. The molecule has 112 valence electrons. The molecule has 0 unspecified atom stereocenters. The molecular formula is C16H21N3O2. The summed E-state index contributed by atoms with van der Waals surface area (Å²) in [5.41, 5.74) is 2.18. The van der Waals surface area contributed by atoms with Gasteiger partial charge in [-0.25, -0.2) is 0 Å². The minimum atomic E-state index is -0.187. The minimum absolute atomic E-state index is 0.187. The smallest absolute Gasteiger partial charge is 0.326 e. The van der Waals surface area contributed by atoms with Crippen LogP contribution in [-0.4, -0.2) is 38.2 Å². The van der Waals surface area contributed by atoms with E-state index in [0.29, 0.717) is 6.61 Å². The highest BCUT2D eigenvalue weighted by atomic mass is 16.5. The van der Waals surface area contributed by atoms with Gasteiger partial charge in [0.2, 0.25) is 5.96 Å². The molecule has 0 saturated carbocycles. The Morgan fingerprint density at radius 1 is 1.33 bits per heavy atom. The number of rotatable bonds is 5. The van der Waals surface area contributed by atoms with Gasteiger partial charge in [0, 0.05) is 13.1 Å². The van der Waals surface area contributed by atoms with Crippen molar-refractivity contribution in [1.82, 2.24) is 0 Å². The number of para-hydroxylation sites is 2. The molecule has 0 fully saturated rings. The van der Waals surface area contributed by atoms with Crippen molar-refractivity contribution < 1.29 is 9.53 Å². The van der Waals surface area contributed by atoms with Crippen LogP contribution in [0.3, 0.4) is 0 Å². The highest BCUT2D eigenvalue weighted by Gasteiger charge is 2.34. The maximum atomic E-state index is 12.0. The number of hydrogen-bond donors (Lipinski definition) is 0. The van der Waals surface area contributed by atoms with E-state index in [0.717, 1.165) is 49.7 Å². The zero-order chi connectivity index (χ0) is 14.7. The number of unbranched alkanes of at least 4 members (excludes halogenated alkanes) is 1. The number of ether oxygens (including phenoxy) is 1. The van der Waals surface area contributed by atoms with Crippen molar-refractivity contribution in [3.63, 3.8) is 0 Å². The molecule has 2 aliphatic rings. The fraction of sp³-hybridized carbons (Fsp3) is 0.500. The van der Waals surface area contributed by atoms with E-state index < -0.39 is 0 Å². The summed E-state index contributed by atoms with van der Waals surface area (Å²) in [4.78, 5) is 20.8. The largest absolute Gasteiger partial charge is 0.464 e. The Labute approximate surface area is 125 Å². The molecule has 2 aliphatic heterocycles. The van der Waals surface area contributed by atoms with Crippen LogP contribution in [0.4, 0.5) is 11.4 Å². The Bertz CT molecular complexity index is 556. The fourth-order valence-electron chi connectivity index (χ4n) is 2.74. The standard InChI is InChI=1S/C16H21N3O2/c1-2-3-11-21-15(20)12-19-14-8-5-4-7-13(14)18-10-6-9-17-16(18)19/h4-5,7-8H,2-3,6,9-12H2,1H3. The van der Waals surface area contributed by atoms with Gasteiger partial charge in [-0.1, -0.05) is 25.5 Å². The molecule has 21 heavy (non-hydrogen) atoms. The molecule has 5 heteroatoms. The van der Waals surface area contributed by atoms with Gasteiger partial charge < -0.3 is 9.64 Å². The fourth-order valence-corrected chi connectivity index (χ4v) is 2.74. The van der Waals surface area contributed by atoms with E-state index in [1.165, 1.54) is 0 Å². The van der Waals surface area contributed by atoms with Crippen molar-refractivity contribution in [2.45, 2.75) is 26.2 Å². The van der Waals surface area contributed by atoms with Gasteiger partial charge in [-0.05, 0) is 25.0 Å². The summed E-state index contributed by atoms with van der Waals surface area (Å²) in [5.74, 6) is 0.697. The lowest BCUT2D eigenvalue weighted by atomic mass is 10.2. The van der Waals surface area contributed by atoms with Crippen LogP contribution in [0.15, 0.2) is 29.3 Å². The number of esters is 1. The Morgan fingerprint density at radius 2 is 2.14 bits per heavy atom. The second-order valence-corrected chi connectivity index (χ2v) is 5.34. The predicted octanol–water partition coefficient (Wildman–Crippen LogP) is 2.42. The van der Waals surface area contributed by atoms with E-state index in [1.807, 2.05) is 23.1 Å². The van der Waals surface area contributed by atoms with Crippen LogP contribution < -0.4 is 9.80 Å². The molecule has 1 aromatic carbocycles. The topological polar surface area (TPSA) is 45.1 Å². The first kappa shape index (κ1) is 13.9. The molecule has 0 spiro atoms. The Balaban J connectivity index is 1.77. The van der Waals surface area contributed by atoms with E-state index in [1.54, 1.807) is 0 Å². The first-order valence-electron chi connectivity index (χ1n) is 7.65. The number of aliphatic imine (C=N–C) groups is 1. The maximum Gasteiger partial charge on any atom is 0.326 e. The third kappa shape index (κ3) is 2.73. The lowest BCUT2D eigenvalue weighted by Gasteiger charge is -2.26. The summed E-state index contributed by atoms with van der Waals surface area (Å²) in [5, 5.41) is 0. The van der Waals surface area contributed by atoms with Crippen LogP contribution in [-0.2, 0) is 9.53 Å². The van der Waals surface area contributed by atoms with Gasteiger partial charge in [0.15, 0.2) is 0 Å². The van der Waals surface area contributed by atoms with Gasteiger partial charge in [-0.2, -0.15) is 0 Å². The zero-order valence-corrected chi connectivity index (χ0v) is 12.4. The number of nitrogens with zero attached hydrogens (tertiary/aromatic N) is 3. The van der Waals surface area contributed by atoms with E-state index in [-0.39, 0.29) is 12.5 Å². The van der Waals surface area contributed by atoms with Crippen molar-refractivity contribution in [1.29, 1.82) is 0 Å². The van der Waals surface area contributed by atoms with E-state index in [2.05, 4.69) is 22.9 Å². The molecule has 0 bridgehead atoms. The normalized spacial score (nSPS) is 16.3. The number of anilines is 2. The van der Waals surface area contributed by atoms with Crippen LogP contribution in [0.5, 0.6) is 0 Å². The number of carbonyl (C=O) groups is 1. The minimum Gasteiger partial charge on any atom is -0.464 e. The highest BCUT2D eigenvalue weighted by Crippen LogP contribution is 2.37. The number of fused-ring (bicyclic) bond motifs is 3. The third-order valence-corrected chi connectivity index (χ3v) is 3.79.